The molecule has 0 aliphatic heterocycles. The van der Waals surface area contributed by atoms with E-state index >= 15 is 0 Å². The number of carbonyl (C=O) groups is 2. The highest BCUT2D eigenvalue weighted by Gasteiger charge is 2.27. The molecule has 0 aromatic rings. The van der Waals surface area contributed by atoms with Crippen LogP contribution in [0.15, 0.2) is 36.5 Å². The summed E-state index contributed by atoms with van der Waals surface area (Å²) < 4.78 is 33.9. The number of esters is 2. The molecule has 0 amide bonds. The molecule has 2 atom stereocenters. The van der Waals surface area contributed by atoms with E-state index in [9.17, 15) is 19.0 Å². The van der Waals surface area contributed by atoms with Crippen LogP contribution in [0.4, 0.5) is 0 Å². The summed E-state index contributed by atoms with van der Waals surface area (Å²) in [5, 5.41) is 0. The van der Waals surface area contributed by atoms with E-state index in [4.69, 9.17) is 18.5 Å². The summed E-state index contributed by atoms with van der Waals surface area (Å²) in [6.45, 7) is 4.24. The van der Waals surface area contributed by atoms with Crippen LogP contribution in [0.1, 0.15) is 129 Å². The number of quaternary nitrogens is 1. The van der Waals surface area contributed by atoms with Crippen LogP contribution in [-0.4, -0.2) is 74.9 Å². The van der Waals surface area contributed by atoms with Crippen LogP contribution >= 0.6 is 7.82 Å². The van der Waals surface area contributed by atoms with Crippen LogP contribution in [0.5, 0.6) is 0 Å². The van der Waals surface area contributed by atoms with Gasteiger partial charge in [0.2, 0.25) is 0 Å². The fraction of sp³-hybridized carbons (Fsp3) is 0.778. The molecule has 0 heterocycles. The number of nitrogens with zero attached hydrogens (tertiary/aromatic N) is 1. The highest BCUT2D eigenvalue weighted by molar-refractivity contribution is 7.47. The lowest BCUT2D eigenvalue weighted by Gasteiger charge is -2.24. The van der Waals surface area contributed by atoms with Crippen molar-refractivity contribution in [3.8, 4) is 0 Å². The molecule has 0 radical (unpaired) electrons. The van der Waals surface area contributed by atoms with Gasteiger partial charge in [-0.25, -0.2) is 4.57 Å². The van der Waals surface area contributed by atoms with Crippen molar-refractivity contribution in [1.82, 2.24) is 0 Å². The molecule has 10 heteroatoms. The molecular weight excluding hydrogens is 605 g/mol. The SMILES string of the molecule is CCCCCC/C=C/CCCC(=O)OCC(COP(=O)(O)OCC[N+](C)(C)C)OC(=O)CC/C=C/C/C=C/CCCCCCCC. The third kappa shape index (κ3) is 32.2. The van der Waals surface area contributed by atoms with E-state index in [0.29, 0.717) is 23.9 Å². The Morgan fingerprint density at radius 2 is 1.22 bits per heavy atom. The number of carbonyl (C=O) groups excluding carboxylic acids is 2. The van der Waals surface area contributed by atoms with E-state index in [1.807, 2.05) is 33.3 Å². The number of hydrogen-bond donors (Lipinski definition) is 1. The van der Waals surface area contributed by atoms with Gasteiger partial charge in [0.05, 0.1) is 27.7 Å². The smallest absolute Gasteiger partial charge is 0.462 e. The van der Waals surface area contributed by atoms with Crippen LogP contribution in [0, 0.1) is 0 Å². The molecule has 0 aliphatic carbocycles. The molecule has 0 bridgehead atoms. The molecule has 0 fully saturated rings. The first-order valence-electron chi connectivity index (χ1n) is 17.7. The molecule has 2 unspecified atom stereocenters. The van der Waals surface area contributed by atoms with Gasteiger partial charge in [0.15, 0.2) is 6.10 Å². The van der Waals surface area contributed by atoms with E-state index in [1.165, 1.54) is 64.2 Å². The van der Waals surface area contributed by atoms with Crippen molar-refractivity contribution < 1.29 is 42.1 Å². The minimum Gasteiger partial charge on any atom is -0.462 e. The summed E-state index contributed by atoms with van der Waals surface area (Å²) >= 11 is 0. The lowest BCUT2D eigenvalue weighted by atomic mass is 10.1. The van der Waals surface area contributed by atoms with Gasteiger partial charge in [-0.3, -0.25) is 18.6 Å². The predicted octanol–water partition coefficient (Wildman–Crippen LogP) is 9.01. The second-order valence-corrected chi connectivity index (χ2v) is 14.3. The molecule has 0 saturated heterocycles. The first-order chi connectivity index (χ1) is 22.0. The summed E-state index contributed by atoms with van der Waals surface area (Å²) in [6.07, 6.45) is 29.4. The lowest BCUT2D eigenvalue weighted by Crippen LogP contribution is -2.37. The van der Waals surface area contributed by atoms with Crippen molar-refractivity contribution in [3.05, 3.63) is 36.5 Å². The number of unbranched alkanes of at least 4 members (excludes halogenated alkanes) is 11. The Bertz CT molecular complexity index is 897. The Balaban J connectivity index is 4.62. The maximum atomic E-state index is 12.5. The second kappa shape index (κ2) is 29.4. The van der Waals surface area contributed by atoms with Crippen molar-refractivity contribution >= 4 is 19.8 Å². The van der Waals surface area contributed by atoms with Gasteiger partial charge in [-0.05, 0) is 51.4 Å². The fourth-order valence-electron chi connectivity index (χ4n) is 4.30. The van der Waals surface area contributed by atoms with E-state index in [1.54, 1.807) is 0 Å². The molecule has 0 aliphatic rings. The average Bonchev–Trinajstić information content (AvgIpc) is 2.99. The van der Waals surface area contributed by atoms with Crippen LogP contribution in [0.2, 0.25) is 0 Å². The van der Waals surface area contributed by atoms with Gasteiger partial charge in [0, 0.05) is 12.8 Å². The molecule has 0 saturated carbocycles. The Morgan fingerprint density at radius 1 is 0.674 bits per heavy atom. The number of rotatable bonds is 31. The summed E-state index contributed by atoms with van der Waals surface area (Å²) in [6, 6.07) is 0. The van der Waals surface area contributed by atoms with Gasteiger partial charge in [-0.1, -0.05) is 102 Å². The Morgan fingerprint density at radius 3 is 1.85 bits per heavy atom. The minimum absolute atomic E-state index is 0.0183. The quantitative estimate of drug-likeness (QED) is 0.0256. The van der Waals surface area contributed by atoms with Gasteiger partial charge in [0.25, 0.3) is 0 Å². The maximum absolute atomic E-state index is 12.5. The largest absolute Gasteiger partial charge is 0.472 e. The maximum Gasteiger partial charge on any atom is 0.472 e. The highest BCUT2D eigenvalue weighted by Crippen LogP contribution is 2.43. The van der Waals surface area contributed by atoms with Crippen LogP contribution < -0.4 is 0 Å². The molecule has 1 N–H and O–H groups in total. The zero-order chi connectivity index (χ0) is 34.4. The standard InChI is InChI=1S/C36H66NO8P/c1-6-8-10-12-14-16-17-18-19-21-23-25-27-29-36(39)45-34(33-44-46(40,41)43-31-30-37(3,4)5)32-42-35(38)28-26-24-22-20-15-13-11-9-7-2/h18-20,22-23,25,34H,6-17,21,24,26-33H2,1-5H3/p+1/b19-18+,22-20+,25-23+. The molecule has 0 aromatic heterocycles. The molecule has 0 rings (SSSR count). The summed E-state index contributed by atoms with van der Waals surface area (Å²) in [5.74, 6) is -0.924. The van der Waals surface area contributed by atoms with Crippen molar-refractivity contribution in [2.24, 2.45) is 0 Å². The predicted molar refractivity (Wildman–Crippen MR) is 187 cm³/mol. The van der Waals surface area contributed by atoms with Gasteiger partial charge >= 0.3 is 19.8 Å². The summed E-state index contributed by atoms with van der Waals surface area (Å²) in [7, 11) is 1.43. The first-order valence-corrected chi connectivity index (χ1v) is 19.2. The van der Waals surface area contributed by atoms with E-state index < -0.39 is 32.5 Å². The van der Waals surface area contributed by atoms with Crippen molar-refractivity contribution in [2.75, 3.05) is 47.5 Å². The summed E-state index contributed by atoms with van der Waals surface area (Å²) in [4.78, 5) is 34.9. The van der Waals surface area contributed by atoms with Crippen molar-refractivity contribution in [1.29, 1.82) is 0 Å². The van der Waals surface area contributed by atoms with E-state index in [0.717, 1.165) is 25.7 Å². The molecule has 46 heavy (non-hydrogen) atoms. The number of likely N-dealkylation sites (N-methyl/N-ethyl adjacent to an activating group) is 1. The van der Waals surface area contributed by atoms with Crippen molar-refractivity contribution in [3.63, 3.8) is 0 Å². The van der Waals surface area contributed by atoms with E-state index in [-0.39, 0.29) is 26.1 Å². The second-order valence-electron chi connectivity index (χ2n) is 12.9. The molecule has 0 aromatic carbocycles. The van der Waals surface area contributed by atoms with Crippen LogP contribution in [0.25, 0.3) is 0 Å². The zero-order valence-corrected chi connectivity index (χ0v) is 30.7. The third-order valence-electron chi connectivity index (χ3n) is 7.16. The normalized spacial score (nSPS) is 14.3. The van der Waals surface area contributed by atoms with E-state index in [2.05, 4.69) is 38.2 Å². The van der Waals surface area contributed by atoms with Gasteiger partial charge in [0.1, 0.15) is 19.8 Å². The fourth-order valence-corrected chi connectivity index (χ4v) is 5.04. The number of phosphoric acid groups is 1. The topological polar surface area (TPSA) is 108 Å². The van der Waals surface area contributed by atoms with Crippen LogP contribution in [0.3, 0.4) is 0 Å². The molecule has 9 nitrogen and oxygen atoms in total. The molecule has 0 spiro atoms. The van der Waals surface area contributed by atoms with Gasteiger partial charge in [-0.15, -0.1) is 0 Å². The zero-order valence-electron chi connectivity index (χ0n) is 29.8. The van der Waals surface area contributed by atoms with Gasteiger partial charge < -0.3 is 18.9 Å². The third-order valence-corrected chi connectivity index (χ3v) is 8.14. The Labute approximate surface area is 281 Å². The number of allylic oxidation sites excluding steroid dienone is 6. The molecule has 268 valence electrons. The van der Waals surface area contributed by atoms with Crippen molar-refractivity contribution in [2.45, 2.75) is 136 Å². The number of phosphoric ester groups is 1. The lowest BCUT2D eigenvalue weighted by molar-refractivity contribution is -0.870. The number of hydrogen-bond acceptors (Lipinski definition) is 7. The molecular formula is C36H67NO8P+. The Hall–Kier alpha value is -1.77. The van der Waals surface area contributed by atoms with Crippen LogP contribution in [-0.2, 0) is 32.7 Å². The number of ether oxygens (including phenoxy) is 2. The minimum atomic E-state index is -4.38. The summed E-state index contributed by atoms with van der Waals surface area (Å²) in [5.41, 5.74) is 0. The Kier molecular flexibility index (Phi) is 28.2. The average molecular weight is 673 g/mol. The first kappa shape index (κ1) is 44.2. The van der Waals surface area contributed by atoms with Gasteiger partial charge in [-0.2, -0.15) is 0 Å². The highest BCUT2D eigenvalue weighted by atomic mass is 31.2. The monoisotopic (exact) mass is 672 g/mol.